The molecule has 0 aromatic rings. The number of carbonyl (C=O) groups excluding carboxylic acids is 3. The van der Waals surface area contributed by atoms with Gasteiger partial charge in [0, 0.05) is 44.6 Å². The molecule has 0 aromatic carbocycles. The minimum absolute atomic E-state index is 0.0179. The van der Waals surface area contributed by atoms with Gasteiger partial charge in [-0.15, -0.1) is 0 Å². The van der Waals surface area contributed by atoms with Gasteiger partial charge in [-0.05, 0) is 40.2 Å². The number of cyclic esters (lactones) is 1. The lowest BCUT2D eigenvalue weighted by atomic mass is 9.81. The summed E-state index contributed by atoms with van der Waals surface area (Å²) in [6, 6.07) is -1.14. The van der Waals surface area contributed by atoms with Gasteiger partial charge < -0.3 is 91.2 Å². The molecule has 70 heavy (non-hydrogen) atoms. The van der Waals surface area contributed by atoms with Crippen LogP contribution in [0, 0.1) is 11.8 Å². The molecule has 18 atom stereocenters. The van der Waals surface area contributed by atoms with Crippen LogP contribution < -0.4 is 16.4 Å². The maximum atomic E-state index is 14.0. The summed E-state index contributed by atoms with van der Waals surface area (Å²) in [5, 5.41) is 115. The Morgan fingerprint density at radius 3 is 1.97 bits per heavy atom. The van der Waals surface area contributed by atoms with E-state index in [0.29, 0.717) is 6.29 Å². The van der Waals surface area contributed by atoms with Crippen molar-refractivity contribution in [2.75, 3.05) is 20.2 Å². The van der Waals surface area contributed by atoms with Gasteiger partial charge in [0.05, 0.1) is 86.0 Å². The molecule has 0 spiro atoms. The van der Waals surface area contributed by atoms with Crippen molar-refractivity contribution in [3.63, 3.8) is 0 Å². The lowest BCUT2D eigenvalue weighted by Gasteiger charge is -2.46. The number of ether oxygens (including phenoxy) is 4. The summed E-state index contributed by atoms with van der Waals surface area (Å²) in [4.78, 5) is 38.7. The molecular weight excluding hydrogens is 915 g/mol. The van der Waals surface area contributed by atoms with Crippen LogP contribution in [0.4, 0.5) is 0 Å². The Labute approximate surface area is 410 Å². The Morgan fingerprint density at radius 2 is 1.37 bits per heavy atom. The quantitative estimate of drug-likeness (QED) is 0.111. The Hall–Kier alpha value is -3.81. The number of aliphatic hydroxyl groups excluding tert-OH is 9. The van der Waals surface area contributed by atoms with Crippen LogP contribution in [0.3, 0.4) is 0 Å². The number of esters is 1. The average Bonchev–Trinajstić information content (AvgIpc) is 3.27. The molecule has 3 rings (SSSR count). The molecule has 2 bridgehead atoms. The van der Waals surface area contributed by atoms with Crippen LogP contribution in [-0.4, -0.2) is 186 Å². The van der Waals surface area contributed by atoms with Gasteiger partial charge in [0.15, 0.2) is 12.1 Å². The van der Waals surface area contributed by atoms with E-state index in [0.717, 1.165) is 0 Å². The predicted molar refractivity (Wildman–Crippen MR) is 257 cm³/mol. The highest BCUT2D eigenvalue weighted by atomic mass is 16.7. The van der Waals surface area contributed by atoms with Crippen molar-refractivity contribution in [3.8, 4) is 0 Å². The number of hydrogen-bond donors (Lipinski definition) is 13. The number of nitrogens with one attached hydrogen (secondary N) is 2. The predicted octanol–water partition coefficient (Wildman–Crippen LogP) is -0.714. The van der Waals surface area contributed by atoms with Crippen LogP contribution in [-0.2, 0) is 33.3 Å². The molecular formula is C50H79N3O17. The number of fused-ring (bicyclic) bond motifs is 2. The second-order valence-corrected chi connectivity index (χ2v) is 18.9. The first-order valence-corrected chi connectivity index (χ1v) is 23.9. The van der Waals surface area contributed by atoms with E-state index in [-0.39, 0.29) is 51.2 Å². The topological polar surface area (TPSA) is 341 Å². The standard InChI is InChI=1S/C50H79N3O17/c1-31-17-15-13-11-9-7-5-6-8-10-12-14-16-18-36(69-48-46(64)45(51)41(62)28-67-48)25-42-44(47(65)53-49(3,30-54)29-52-4)40(61)27-50(66,70-42)26-35(57)23-39(60)37(58)20-19-33(55)22-34(56)24-43(63)68-32(2)21-38(31)59/h5-18,30-42,44-46,48,52,55-62,64,66H,19-29,51H2,1-4H3,(H,53,65)/b6-5+,9-7+,10-8+,13-11+,14-12+,17-15+,18-16+/t31-,32-,33?,34?,35?,36?,37?,38-,39?,40-,41+,42-,44+,45-,46-,48-,49-,50?/m0/s1. The smallest absolute Gasteiger partial charge is 0.308 e. The zero-order valence-corrected chi connectivity index (χ0v) is 40.6. The van der Waals surface area contributed by atoms with Crippen molar-refractivity contribution in [1.82, 2.24) is 10.6 Å². The molecule has 0 aromatic heterocycles. The summed E-state index contributed by atoms with van der Waals surface area (Å²) < 4.78 is 23.3. The van der Waals surface area contributed by atoms with Crippen molar-refractivity contribution < 1.29 is 84.4 Å². The number of likely N-dealkylation sites (N-methyl/N-ethyl adjacent to an activating group) is 1. The van der Waals surface area contributed by atoms with Crippen LogP contribution in [0.5, 0.6) is 0 Å². The van der Waals surface area contributed by atoms with Gasteiger partial charge in [-0.2, -0.15) is 0 Å². The summed E-state index contributed by atoms with van der Waals surface area (Å²) in [7, 11) is 1.57. The van der Waals surface area contributed by atoms with Crippen LogP contribution in [0.25, 0.3) is 0 Å². The molecule has 0 saturated carbocycles. The Balaban J connectivity index is 1.94. The molecule has 0 radical (unpaired) electrons. The second-order valence-electron chi connectivity index (χ2n) is 18.9. The average molecular weight is 994 g/mol. The number of aliphatic hydroxyl groups is 10. The monoisotopic (exact) mass is 994 g/mol. The fourth-order valence-corrected chi connectivity index (χ4v) is 8.36. The number of amides is 1. The molecule has 1 amide bonds. The van der Waals surface area contributed by atoms with Gasteiger partial charge in [-0.25, -0.2) is 0 Å². The van der Waals surface area contributed by atoms with Crippen molar-refractivity contribution in [1.29, 1.82) is 0 Å². The van der Waals surface area contributed by atoms with E-state index in [1.807, 2.05) is 19.1 Å². The van der Waals surface area contributed by atoms with E-state index in [1.165, 1.54) is 6.92 Å². The maximum absolute atomic E-state index is 14.0. The Morgan fingerprint density at radius 1 is 0.771 bits per heavy atom. The highest BCUT2D eigenvalue weighted by Crippen LogP contribution is 2.38. The molecule has 0 aliphatic carbocycles. The Bertz CT molecular complexity index is 1810. The number of nitrogens with two attached hydrogens (primary N) is 1. The first-order valence-electron chi connectivity index (χ1n) is 23.9. The van der Waals surface area contributed by atoms with E-state index < -0.39 is 140 Å². The van der Waals surface area contributed by atoms with Crippen molar-refractivity contribution in [3.05, 3.63) is 85.1 Å². The number of carbonyl (C=O) groups is 3. The maximum Gasteiger partial charge on any atom is 0.308 e. The molecule has 396 valence electrons. The minimum atomic E-state index is -2.34. The fraction of sp³-hybridized carbons (Fsp3) is 0.660. The summed E-state index contributed by atoms with van der Waals surface area (Å²) in [5.74, 6) is -5.60. The van der Waals surface area contributed by atoms with Crippen LogP contribution in [0.1, 0.15) is 78.6 Å². The lowest BCUT2D eigenvalue weighted by Crippen LogP contribution is -2.62. The highest BCUT2D eigenvalue weighted by Gasteiger charge is 2.51. The van der Waals surface area contributed by atoms with Gasteiger partial charge >= 0.3 is 5.97 Å². The number of aldehydes is 1. The van der Waals surface area contributed by atoms with Crippen molar-refractivity contribution >= 4 is 18.2 Å². The summed E-state index contributed by atoms with van der Waals surface area (Å²) in [5.41, 5.74) is 4.58. The van der Waals surface area contributed by atoms with Gasteiger partial charge in [-0.3, -0.25) is 9.59 Å². The molecule has 3 heterocycles. The second kappa shape index (κ2) is 30.3. The molecule has 2 saturated heterocycles. The number of allylic oxidation sites excluding steroid dienone is 12. The van der Waals surface area contributed by atoms with E-state index in [9.17, 15) is 65.4 Å². The van der Waals surface area contributed by atoms with Crippen LogP contribution in [0.2, 0.25) is 0 Å². The van der Waals surface area contributed by atoms with Gasteiger partial charge in [0.25, 0.3) is 0 Å². The summed E-state index contributed by atoms with van der Waals surface area (Å²) in [6.07, 6.45) is 5.16. The first-order chi connectivity index (χ1) is 33.1. The van der Waals surface area contributed by atoms with Gasteiger partial charge in [0.1, 0.15) is 24.0 Å². The van der Waals surface area contributed by atoms with Crippen molar-refractivity contribution in [2.45, 2.75) is 175 Å². The highest BCUT2D eigenvalue weighted by molar-refractivity contribution is 5.84. The lowest BCUT2D eigenvalue weighted by molar-refractivity contribution is -0.304. The normalized spacial score (nSPS) is 41.8. The van der Waals surface area contributed by atoms with Crippen molar-refractivity contribution in [2.24, 2.45) is 17.6 Å². The molecule has 14 N–H and O–H groups in total. The van der Waals surface area contributed by atoms with Crippen LogP contribution in [0.15, 0.2) is 85.1 Å². The fourth-order valence-electron chi connectivity index (χ4n) is 8.36. The minimum Gasteiger partial charge on any atom is -0.462 e. The third kappa shape index (κ3) is 21.1. The number of hydrogen-bond acceptors (Lipinski definition) is 19. The molecule has 3 aliphatic rings. The number of rotatable bonds is 7. The molecule has 2 fully saturated rings. The van der Waals surface area contributed by atoms with Crippen LogP contribution >= 0.6 is 0 Å². The summed E-state index contributed by atoms with van der Waals surface area (Å²) in [6.45, 7) is 4.65. The third-order valence-corrected chi connectivity index (χ3v) is 12.3. The molecule has 20 heteroatoms. The van der Waals surface area contributed by atoms with E-state index >= 15 is 0 Å². The molecule has 3 aliphatic heterocycles. The zero-order valence-electron chi connectivity index (χ0n) is 40.6. The third-order valence-electron chi connectivity index (χ3n) is 12.3. The summed E-state index contributed by atoms with van der Waals surface area (Å²) >= 11 is 0. The largest absolute Gasteiger partial charge is 0.462 e. The SMILES string of the molecule is CNC[C@@](C)(C=O)NC(=O)[C@H]1[C@@H]2CC(O[C@@H]3OC[C@@H](O)[C@H](N)[C@@H]3O)/C=C/C=C/C=C/C=C/C=C/C=C/C=C/[C@H](C)[C@@H](O)C[C@H](C)OC(=O)CC(O)CC(O)CCC(O)C(O)CC(O)CC(O)(C[C@@H]1O)O2. The van der Waals surface area contributed by atoms with E-state index in [4.69, 9.17) is 24.7 Å². The van der Waals surface area contributed by atoms with E-state index in [2.05, 4.69) is 10.6 Å². The van der Waals surface area contributed by atoms with E-state index in [1.54, 1.807) is 86.9 Å². The first kappa shape index (κ1) is 60.5. The molecule has 20 nitrogen and oxygen atoms in total. The Kier molecular flexibility index (Phi) is 26.2. The zero-order chi connectivity index (χ0) is 52.0. The van der Waals surface area contributed by atoms with Gasteiger partial charge in [0.2, 0.25) is 5.91 Å². The van der Waals surface area contributed by atoms with Gasteiger partial charge in [-0.1, -0.05) is 92.0 Å². The molecule has 7 unspecified atom stereocenters.